The highest BCUT2D eigenvalue weighted by Crippen LogP contribution is 2.29. The van der Waals surface area contributed by atoms with E-state index in [0.29, 0.717) is 11.8 Å². The SMILES string of the molecule is O=Cc1ccc([N+](=O)[O-])c(OCc2ccc(Br)s2)c1. The molecule has 1 aromatic carbocycles. The van der Waals surface area contributed by atoms with Crippen LogP contribution < -0.4 is 4.74 Å². The first-order valence-electron chi connectivity index (χ1n) is 5.21. The van der Waals surface area contributed by atoms with Gasteiger partial charge in [0.1, 0.15) is 12.9 Å². The lowest BCUT2D eigenvalue weighted by Crippen LogP contribution is -1.98. The van der Waals surface area contributed by atoms with Gasteiger partial charge in [-0.25, -0.2) is 0 Å². The number of thiophene rings is 1. The molecule has 0 fully saturated rings. The van der Waals surface area contributed by atoms with E-state index < -0.39 is 4.92 Å². The predicted octanol–water partition coefficient (Wildman–Crippen LogP) is 3.81. The largest absolute Gasteiger partial charge is 0.481 e. The summed E-state index contributed by atoms with van der Waals surface area (Å²) in [6, 6.07) is 7.76. The Kier molecular flexibility index (Phi) is 4.28. The number of hydrogen-bond acceptors (Lipinski definition) is 5. The molecule has 5 nitrogen and oxygen atoms in total. The summed E-state index contributed by atoms with van der Waals surface area (Å²) in [4.78, 5) is 22.0. The van der Waals surface area contributed by atoms with Gasteiger partial charge in [0.15, 0.2) is 5.75 Å². The highest BCUT2D eigenvalue weighted by Gasteiger charge is 2.16. The summed E-state index contributed by atoms with van der Waals surface area (Å²) >= 11 is 4.81. The number of carbonyl (C=O) groups is 1. The van der Waals surface area contributed by atoms with Gasteiger partial charge in [0, 0.05) is 16.5 Å². The number of halogens is 1. The third-order valence-corrected chi connectivity index (χ3v) is 3.91. The summed E-state index contributed by atoms with van der Waals surface area (Å²) in [7, 11) is 0. The zero-order chi connectivity index (χ0) is 13.8. The summed E-state index contributed by atoms with van der Waals surface area (Å²) < 4.78 is 6.39. The first-order chi connectivity index (χ1) is 9.10. The normalized spacial score (nSPS) is 10.2. The molecule has 1 aromatic heterocycles. The fourth-order valence-corrected chi connectivity index (χ4v) is 2.85. The van der Waals surface area contributed by atoms with Crippen molar-refractivity contribution in [1.29, 1.82) is 0 Å². The number of nitrogens with zero attached hydrogens (tertiary/aromatic N) is 1. The van der Waals surface area contributed by atoms with Gasteiger partial charge in [-0.3, -0.25) is 14.9 Å². The molecule has 0 amide bonds. The zero-order valence-electron chi connectivity index (χ0n) is 9.54. The van der Waals surface area contributed by atoms with E-state index in [1.54, 1.807) is 0 Å². The average molecular weight is 342 g/mol. The molecule has 0 N–H and O–H groups in total. The second-order valence-electron chi connectivity index (χ2n) is 3.60. The first-order valence-corrected chi connectivity index (χ1v) is 6.81. The van der Waals surface area contributed by atoms with Gasteiger partial charge in [0.2, 0.25) is 0 Å². The molecule has 0 bridgehead atoms. The van der Waals surface area contributed by atoms with Crippen LogP contribution in [0.4, 0.5) is 5.69 Å². The van der Waals surface area contributed by atoms with E-state index >= 15 is 0 Å². The van der Waals surface area contributed by atoms with Crippen LogP contribution in [0.5, 0.6) is 5.75 Å². The van der Waals surface area contributed by atoms with Gasteiger partial charge >= 0.3 is 5.69 Å². The van der Waals surface area contributed by atoms with E-state index in [2.05, 4.69) is 15.9 Å². The second-order valence-corrected chi connectivity index (χ2v) is 6.14. The quantitative estimate of drug-likeness (QED) is 0.471. The van der Waals surface area contributed by atoms with Crippen LogP contribution in [0.15, 0.2) is 34.1 Å². The summed E-state index contributed by atoms with van der Waals surface area (Å²) in [5.41, 5.74) is 0.189. The Labute approximate surface area is 121 Å². The highest BCUT2D eigenvalue weighted by molar-refractivity contribution is 9.11. The summed E-state index contributed by atoms with van der Waals surface area (Å²) in [6.07, 6.45) is 0.623. The zero-order valence-corrected chi connectivity index (χ0v) is 11.9. The molecule has 0 aliphatic carbocycles. The number of carbonyl (C=O) groups excluding carboxylic acids is 1. The molecule has 7 heteroatoms. The Morgan fingerprint density at radius 1 is 1.37 bits per heavy atom. The van der Waals surface area contributed by atoms with Gasteiger partial charge in [0.25, 0.3) is 0 Å². The van der Waals surface area contributed by atoms with E-state index in [1.165, 1.54) is 29.5 Å². The van der Waals surface area contributed by atoms with Crippen LogP contribution in [0.25, 0.3) is 0 Å². The number of nitro benzene ring substituents is 1. The molecule has 2 aromatic rings. The fourth-order valence-electron chi connectivity index (χ4n) is 1.45. The molecule has 1 heterocycles. The molecule has 0 saturated heterocycles. The smallest absolute Gasteiger partial charge is 0.310 e. The Morgan fingerprint density at radius 2 is 2.16 bits per heavy atom. The van der Waals surface area contributed by atoms with Gasteiger partial charge in [-0.2, -0.15) is 0 Å². The fraction of sp³-hybridized carbons (Fsp3) is 0.0833. The van der Waals surface area contributed by atoms with E-state index in [9.17, 15) is 14.9 Å². The number of aldehydes is 1. The van der Waals surface area contributed by atoms with Gasteiger partial charge < -0.3 is 4.74 Å². The monoisotopic (exact) mass is 341 g/mol. The molecule has 2 rings (SSSR count). The molecular formula is C12H8BrNO4S. The Morgan fingerprint density at radius 3 is 2.74 bits per heavy atom. The lowest BCUT2D eigenvalue weighted by atomic mass is 10.2. The summed E-state index contributed by atoms with van der Waals surface area (Å²) in [5, 5.41) is 10.9. The van der Waals surface area contributed by atoms with Crippen molar-refractivity contribution in [2.75, 3.05) is 0 Å². The molecule has 0 unspecified atom stereocenters. The van der Waals surface area contributed by atoms with Crippen molar-refractivity contribution in [3.05, 3.63) is 54.7 Å². The second kappa shape index (κ2) is 5.94. The first kappa shape index (κ1) is 13.7. The van der Waals surface area contributed by atoms with Gasteiger partial charge in [-0.1, -0.05) is 0 Å². The topological polar surface area (TPSA) is 69.4 Å². The number of benzene rings is 1. The molecule has 0 spiro atoms. The van der Waals surface area contributed by atoms with Gasteiger partial charge in [-0.15, -0.1) is 11.3 Å². The molecule has 0 aliphatic rings. The summed E-state index contributed by atoms with van der Waals surface area (Å²) in [5.74, 6) is 0.0964. The minimum atomic E-state index is -0.533. The minimum absolute atomic E-state index is 0.0964. The van der Waals surface area contributed by atoms with Crippen LogP contribution in [0, 0.1) is 10.1 Å². The Hall–Kier alpha value is -1.73. The number of nitro groups is 1. The number of hydrogen-bond donors (Lipinski definition) is 0. The van der Waals surface area contributed by atoms with Crippen LogP contribution in [0.1, 0.15) is 15.2 Å². The van der Waals surface area contributed by atoms with Crippen molar-refractivity contribution in [3.8, 4) is 5.75 Å². The summed E-state index contributed by atoms with van der Waals surface area (Å²) in [6.45, 7) is 0.222. The predicted molar refractivity (Wildman–Crippen MR) is 74.8 cm³/mol. The van der Waals surface area contributed by atoms with Crippen molar-refractivity contribution in [1.82, 2.24) is 0 Å². The lowest BCUT2D eigenvalue weighted by molar-refractivity contribution is -0.385. The molecule has 0 aliphatic heterocycles. The molecule has 98 valence electrons. The number of rotatable bonds is 5. The Balaban J connectivity index is 2.22. The molecule has 0 atom stereocenters. The van der Waals surface area contributed by atoms with Crippen molar-refractivity contribution in [2.24, 2.45) is 0 Å². The maximum absolute atomic E-state index is 10.9. The third kappa shape index (κ3) is 3.39. The van der Waals surface area contributed by atoms with Gasteiger partial charge in [0.05, 0.1) is 8.71 Å². The van der Waals surface area contributed by atoms with Crippen molar-refractivity contribution in [3.63, 3.8) is 0 Å². The van der Waals surface area contributed by atoms with Crippen LogP contribution in [0.3, 0.4) is 0 Å². The van der Waals surface area contributed by atoms with Crippen LogP contribution in [-0.2, 0) is 6.61 Å². The van der Waals surface area contributed by atoms with Crippen molar-refractivity contribution in [2.45, 2.75) is 6.61 Å². The maximum atomic E-state index is 10.9. The maximum Gasteiger partial charge on any atom is 0.310 e. The van der Waals surface area contributed by atoms with Crippen LogP contribution >= 0.6 is 27.3 Å². The average Bonchev–Trinajstić information content (AvgIpc) is 2.81. The minimum Gasteiger partial charge on any atom is -0.481 e. The highest BCUT2D eigenvalue weighted by atomic mass is 79.9. The molecular weight excluding hydrogens is 334 g/mol. The molecule has 0 radical (unpaired) electrons. The van der Waals surface area contributed by atoms with Crippen molar-refractivity contribution < 1.29 is 14.5 Å². The van der Waals surface area contributed by atoms with Crippen molar-refractivity contribution >= 4 is 39.2 Å². The van der Waals surface area contributed by atoms with Crippen LogP contribution in [0.2, 0.25) is 0 Å². The van der Waals surface area contributed by atoms with Gasteiger partial charge in [-0.05, 0) is 40.2 Å². The van der Waals surface area contributed by atoms with E-state index in [1.807, 2.05) is 12.1 Å². The lowest BCUT2D eigenvalue weighted by Gasteiger charge is -2.05. The standard InChI is InChI=1S/C12H8BrNO4S/c13-12-4-2-9(19-12)7-18-11-5-8(6-15)1-3-10(11)14(16)17/h1-6H,7H2. The third-order valence-electron chi connectivity index (χ3n) is 2.32. The van der Waals surface area contributed by atoms with E-state index in [-0.39, 0.29) is 18.0 Å². The Bertz CT molecular complexity index is 626. The molecule has 19 heavy (non-hydrogen) atoms. The van der Waals surface area contributed by atoms with Crippen LogP contribution in [-0.4, -0.2) is 11.2 Å². The van der Waals surface area contributed by atoms with E-state index in [4.69, 9.17) is 4.74 Å². The molecule has 0 saturated carbocycles. The number of ether oxygens (including phenoxy) is 1. The van der Waals surface area contributed by atoms with E-state index in [0.717, 1.165) is 8.66 Å².